The van der Waals surface area contributed by atoms with Crippen molar-refractivity contribution in [3.8, 4) is 0 Å². The maximum absolute atomic E-state index is 9.51. The molecule has 0 aliphatic rings. The number of hydrogen-bond donors (Lipinski definition) is 2. The normalized spacial score (nSPS) is 11.2. The molecule has 0 aliphatic heterocycles. The second kappa shape index (κ2) is 6.48. The molecule has 0 spiro atoms. The molecule has 12 heteroatoms. The summed E-state index contributed by atoms with van der Waals surface area (Å²) in [5, 5.41) is 0. The predicted octanol–water partition coefficient (Wildman–Crippen LogP) is -7.45. The second-order valence-corrected chi connectivity index (χ2v) is 2.97. The average molecular weight is 253 g/mol. The van der Waals surface area contributed by atoms with Gasteiger partial charge < -0.3 is 12.4 Å². The summed E-state index contributed by atoms with van der Waals surface area (Å²) in [6.45, 7) is 0. The Morgan fingerprint density at radius 1 is 0.833 bits per heavy atom. The summed E-state index contributed by atoms with van der Waals surface area (Å²) in [6.07, 6.45) is 0. The zero-order valence-electron chi connectivity index (χ0n) is 5.54. The molecule has 0 saturated carbocycles. The van der Waals surface area contributed by atoms with Crippen LogP contribution in [0.5, 0.6) is 0 Å². The Hall–Kier alpha value is 1.03. The van der Waals surface area contributed by atoms with Gasteiger partial charge in [-0.3, -0.25) is 9.11 Å². The minimum Gasteiger partial charge on any atom is -1.00 e. The average Bonchev–Trinajstić information content (AvgIpc) is 1.57. The number of rotatable bonds is 3. The molecule has 0 atom stereocenters. The Bertz CT molecular complexity index is 253. The van der Waals surface area contributed by atoms with Crippen LogP contribution in [0.2, 0.25) is 0 Å². The zero-order valence-corrected chi connectivity index (χ0v) is 9.93. The third-order valence-electron chi connectivity index (χ3n) is 0.200. The molecule has 70 valence electrons. The molecule has 0 aromatic heterocycles. The van der Waals surface area contributed by atoms with E-state index in [-0.39, 0.29) is 42.0 Å². The quantitative estimate of drug-likeness (QED) is 0.219. The molecule has 0 unspecified atom stereocenters. The first-order valence-electron chi connectivity index (χ1n) is 1.53. The summed E-state index contributed by atoms with van der Waals surface area (Å²) >= 11 is 0. The molecule has 0 fully saturated rings. The van der Waals surface area contributed by atoms with Crippen LogP contribution in [0.1, 0.15) is 0 Å². The van der Waals surface area contributed by atoms with Crippen LogP contribution in [0.4, 0.5) is 0 Å². The van der Waals surface area contributed by atoms with E-state index in [1.807, 2.05) is 0 Å². The van der Waals surface area contributed by atoms with Crippen molar-refractivity contribution in [1.82, 2.24) is 0 Å². The SMILES string of the molecule is O=S(=O)(O)OOS(=O)(=O)O.[Cl-].[Na+]. The van der Waals surface area contributed by atoms with Gasteiger partial charge in [-0.1, -0.05) is 8.67 Å². The van der Waals surface area contributed by atoms with Crippen molar-refractivity contribution in [1.29, 1.82) is 0 Å². The Balaban J connectivity index is -0.000000405. The summed E-state index contributed by atoms with van der Waals surface area (Å²) in [6, 6.07) is 0. The van der Waals surface area contributed by atoms with Crippen LogP contribution in [0.25, 0.3) is 0 Å². The molecule has 0 aromatic rings. The van der Waals surface area contributed by atoms with Crippen LogP contribution in [0.15, 0.2) is 0 Å². The van der Waals surface area contributed by atoms with Crippen LogP contribution < -0.4 is 42.0 Å². The first-order valence-corrected chi connectivity index (χ1v) is 4.26. The van der Waals surface area contributed by atoms with Gasteiger partial charge in [-0.15, -0.1) is 0 Å². The molecule has 0 saturated heterocycles. The van der Waals surface area contributed by atoms with Crippen LogP contribution in [0.3, 0.4) is 0 Å². The molecule has 0 radical (unpaired) electrons. The Labute approximate surface area is 96.8 Å². The van der Waals surface area contributed by atoms with Crippen molar-refractivity contribution in [2.24, 2.45) is 0 Å². The topological polar surface area (TPSA) is 127 Å². The predicted molar refractivity (Wildman–Crippen MR) is 25.3 cm³/mol. The van der Waals surface area contributed by atoms with Crippen LogP contribution in [-0.2, 0) is 29.5 Å². The van der Waals surface area contributed by atoms with Crippen molar-refractivity contribution in [2.45, 2.75) is 0 Å². The molecule has 0 heterocycles. The number of hydrogen-bond acceptors (Lipinski definition) is 6. The van der Waals surface area contributed by atoms with Gasteiger partial charge in [0, 0.05) is 0 Å². The standard InChI is InChI=1S/ClH.Na.H2O8S2/c;;1-9(2,3)7-8-10(4,5)6/h1H;;(H,1,2,3)(H,4,5,6)/q;+1;/p-1. The molecule has 0 aliphatic carbocycles. The van der Waals surface area contributed by atoms with Gasteiger partial charge in [-0.2, -0.15) is 16.8 Å². The van der Waals surface area contributed by atoms with E-state index in [1.165, 1.54) is 0 Å². The van der Waals surface area contributed by atoms with Gasteiger partial charge in [0.25, 0.3) is 0 Å². The fraction of sp³-hybridized carbons (Fsp3) is 0. The van der Waals surface area contributed by atoms with Gasteiger partial charge >= 0.3 is 50.4 Å². The van der Waals surface area contributed by atoms with E-state index in [4.69, 9.17) is 9.11 Å². The summed E-state index contributed by atoms with van der Waals surface area (Å²) in [4.78, 5) is 0. The summed E-state index contributed by atoms with van der Waals surface area (Å²) < 4.78 is 58.9. The third kappa shape index (κ3) is 17.2. The first-order chi connectivity index (χ1) is 4.21. The van der Waals surface area contributed by atoms with Crippen LogP contribution in [0, 0.1) is 0 Å². The summed E-state index contributed by atoms with van der Waals surface area (Å²) in [5.41, 5.74) is 0. The van der Waals surface area contributed by atoms with Crippen molar-refractivity contribution in [3.63, 3.8) is 0 Å². The minimum absolute atomic E-state index is 0. The van der Waals surface area contributed by atoms with Crippen molar-refractivity contribution >= 4 is 20.8 Å². The third-order valence-corrected chi connectivity index (χ3v) is 0.766. The minimum atomic E-state index is -5.02. The van der Waals surface area contributed by atoms with Crippen LogP contribution >= 0.6 is 0 Å². The molecular formula is H2ClNaO8S2. The molecular weight excluding hydrogens is 251 g/mol. The van der Waals surface area contributed by atoms with Crippen LogP contribution in [-0.4, -0.2) is 25.9 Å². The molecule has 0 aromatic carbocycles. The maximum Gasteiger partial charge on any atom is 1.00 e. The van der Waals surface area contributed by atoms with E-state index in [2.05, 4.69) is 8.67 Å². The monoisotopic (exact) mass is 252 g/mol. The van der Waals surface area contributed by atoms with Gasteiger partial charge in [-0.25, -0.2) is 0 Å². The van der Waals surface area contributed by atoms with Crippen molar-refractivity contribution in [3.05, 3.63) is 0 Å². The van der Waals surface area contributed by atoms with E-state index >= 15 is 0 Å². The van der Waals surface area contributed by atoms with Gasteiger partial charge in [0.1, 0.15) is 0 Å². The first kappa shape index (κ1) is 18.7. The number of halogens is 1. The van der Waals surface area contributed by atoms with Gasteiger partial charge in [0.15, 0.2) is 0 Å². The molecule has 12 heavy (non-hydrogen) atoms. The van der Waals surface area contributed by atoms with E-state index < -0.39 is 20.8 Å². The summed E-state index contributed by atoms with van der Waals surface area (Å²) in [5.74, 6) is 0. The van der Waals surface area contributed by atoms with Gasteiger partial charge in [0.2, 0.25) is 0 Å². The van der Waals surface area contributed by atoms with Crippen molar-refractivity contribution < 1.29 is 76.6 Å². The molecule has 2 N–H and O–H groups in total. The van der Waals surface area contributed by atoms with E-state index in [1.54, 1.807) is 0 Å². The molecule has 0 amide bonds. The van der Waals surface area contributed by atoms with E-state index in [0.717, 1.165) is 0 Å². The molecule has 0 rings (SSSR count). The fourth-order valence-electron chi connectivity index (χ4n) is 0.0702. The maximum atomic E-state index is 9.51. The van der Waals surface area contributed by atoms with Crippen molar-refractivity contribution in [2.75, 3.05) is 0 Å². The second-order valence-electron chi connectivity index (χ2n) is 0.992. The Morgan fingerprint density at radius 3 is 1.08 bits per heavy atom. The smallest absolute Gasteiger partial charge is 1.00 e. The zero-order chi connectivity index (χ0) is 8.41. The van der Waals surface area contributed by atoms with E-state index in [0.29, 0.717) is 0 Å². The Morgan fingerprint density at radius 2 is 1.00 bits per heavy atom. The fourth-order valence-corrected chi connectivity index (χ4v) is 0.632. The molecule has 0 bridgehead atoms. The Kier molecular flexibility index (Phi) is 10.1. The summed E-state index contributed by atoms with van der Waals surface area (Å²) in [7, 11) is -10.0. The van der Waals surface area contributed by atoms with Gasteiger partial charge in [0.05, 0.1) is 0 Å². The van der Waals surface area contributed by atoms with E-state index in [9.17, 15) is 16.8 Å². The molecule has 8 nitrogen and oxygen atoms in total. The van der Waals surface area contributed by atoms with Gasteiger partial charge in [-0.05, 0) is 0 Å². The largest absolute Gasteiger partial charge is 1.00 e.